The maximum atomic E-state index is 3.97. The van der Waals surface area contributed by atoms with Crippen LogP contribution in [-0.4, -0.2) is 22.6 Å². The number of rotatable bonds is 16. The van der Waals surface area contributed by atoms with Gasteiger partial charge >= 0.3 is 160 Å². The van der Waals surface area contributed by atoms with Gasteiger partial charge in [-0.25, -0.2) is 0 Å². The van der Waals surface area contributed by atoms with Crippen LogP contribution in [0.3, 0.4) is 0 Å². The molecule has 4 atom stereocenters. The van der Waals surface area contributed by atoms with Gasteiger partial charge in [0.2, 0.25) is 0 Å². The molecule has 0 aromatic heterocycles. The first-order valence-corrected chi connectivity index (χ1v) is 12.7. The molecule has 0 aliphatic carbocycles. The molecule has 0 aromatic carbocycles. The van der Waals surface area contributed by atoms with Crippen molar-refractivity contribution in [3.8, 4) is 0 Å². The second kappa shape index (κ2) is 13.6. The SMILES string of the molecule is C=CCCC(C)[PH](C(C)CCC=C)(C(C)CCC=C)C(C)CCC=C. The van der Waals surface area contributed by atoms with E-state index in [0.29, 0.717) is 0 Å². The second-order valence-corrected chi connectivity index (χ2v) is 14.0. The summed E-state index contributed by atoms with van der Waals surface area (Å²) in [6.07, 6.45) is 18.2. The minimum absolute atomic E-state index is 0.824. The quantitative estimate of drug-likeness (QED) is 0.191. The van der Waals surface area contributed by atoms with Crippen molar-refractivity contribution in [1.29, 1.82) is 0 Å². The Morgan fingerprint density at radius 3 is 0.880 bits per heavy atom. The molecule has 0 aromatic rings. The fourth-order valence-electron chi connectivity index (χ4n) is 5.39. The predicted molar refractivity (Wildman–Crippen MR) is 124 cm³/mol. The summed E-state index contributed by atoms with van der Waals surface area (Å²) in [5.41, 5.74) is 3.30. The van der Waals surface area contributed by atoms with Crippen molar-refractivity contribution in [2.24, 2.45) is 0 Å². The zero-order chi connectivity index (χ0) is 19.3. The van der Waals surface area contributed by atoms with E-state index in [1.807, 2.05) is 0 Å². The molecule has 4 unspecified atom stereocenters. The first-order chi connectivity index (χ1) is 11.9. The van der Waals surface area contributed by atoms with Crippen LogP contribution in [0.25, 0.3) is 0 Å². The van der Waals surface area contributed by atoms with Gasteiger partial charge in [0.05, 0.1) is 0 Å². The number of hydrogen-bond acceptors (Lipinski definition) is 0. The van der Waals surface area contributed by atoms with E-state index in [2.05, 4.69) is 78.3 Å². The van der Waals surface area contributed by atoms with E-state index in [-0.39, 0.29) is 0 Å². The van der Waals surface area contributed by atoms with Gasteiger partial charge in [-0.15, -0.1) is 0 Å². The van der Waals surface area contributed by atoms with E-state index < -0.39 is 7.26 Å². The van der Waals surface area contributed by atoms with Crippen molar-refractivity contribution in [2.75, 3.05) is 0 Å². The van der Waals surface area contributed by atoms with E-state index in [0.717, 1.165) is 48.3 Å². The topological polar surface area (TPSA) is 0 Å². The van der Waals surface area contributed by atoms with Gasteiger partial charge in [0.1, 0.15) is 0 Å². The molecule has 146 valence electrons. The van der Waals surface area contributed by atoms with Gasteiger partial charge in [0.25, 0.3) is 0 Å². The molecule has 25 heavy (non-hydrogen) atoms. The first-order valence-electron chi connectivity index (χ1n) is 10.4. The molecule has 0 heterocycles. The first kappa shape index (κ1) is 24.4. The summed E-state index contributed by atoms with van der Waals surface area (Å²) >= 11 is 0. The average molecular weight is 365 g/mol. The third-order valence-corrected chi connectivity index (χ3v) is 14.6. The summed E-state index contributed by atoms with van der Waals surface area (Å²) in [6.45, 7) is 26.1. The maximum absolute atomic E-state index is 3.97. The fourth-order valence-corrected chi connectivity index (χ4v) is 13.9. The molecule has 1 heteroatoms. The van der Waals surface area contributed by atoms with Crippen molar-refractivity contribution in [2.45, 2.75) is 102 Å². The second-order valence-electron chi connectivity index (χ2n) is 8.07. The summed E-state index contributed by atoms with van der Waals surface area (Å²) in [5, 5.41) is 0. The summed E-state index contributed by atoms with van der Waals surface area (Å²) in [6, 6.07) is 0. The van der Waals surface area contributed by atoms with Crippen molar-refractivity contribution >= 4 is 7.26 Å². The van der Waals surface area contributed by atoms with Gasteiger partial charge in [-0.1, -0.05) is 0 Å². The van der Waals surface area contributed by atoms with Crippen LogP contribution in [0.15, 0.2) is 50.6 Å². The Morgan fingerprint density at radius 2 is 0.720 bits per heavy atom. The Bertz CT molecular complexity index is 317. The Balaban J connectivity index is 5.86. The van der Waals surface area contributed by atoms with Crippen LogP contribution in [0, 0.1) is 0 Å². The Labute approximate surface area is 159 Å². The summed E-state index contributed by atoms with van der Waals surface area (Å²) in [7, 11) is -1.55. The molecule has 0 amide bonds. The molecule has 0 spiro atoms. The van der Waals surface area contributed by atoms with Crippen LogP contribution in [-0.2, 0) is 0 Å². The average Bonchev–Trinajstić information content (AvgIpc) is 2.61. The number of allylic oxidation sites excluding steroid dienone is 4. The molecule has 0 rings (SSSR count). The van der Waals surface area contributed by atoms with Gasteiger partial charge < -0.3 is 0 Å². The fraction of sp³-hybridized carbons (Fsp3) is 0.667. The third kappa shape index (κ3) is 6.90. The van der Waals surface area contributed by atoms with Gasteiger partial charge in [-0.05, 0) is 0 Å². The summed E-state index contributed by atoms with van der Waals surface area (Å²) < 4.78 is 0. The van der Waals surface area contributed by atoms with Crippen LogP contribution in [0.2, 0.25) is 0 Å². The number of hydrogen-bond donors (Lipinski definition) is 0. The molecule has 0 N–H and O–H groups in total. The van der Waals surface area contributed by atoms with Gasteiger partial charge in [-0.3, -0.25) is 0 Å². The van der Waals surface area contributed by atoms with Crippen molar-refractivity contribution in [1.82, 2.24) is 0 Å². The van der Waals surface area contributed by atoms with E-state index >= 15 is 0 Å². The Hall–Kier alpha value is -0.610. The Kier molecular flexibility index (Phi) is 13.2. The Morgan fingerprint density at radius 1 is 0.520 bits per heavy atom. The molecular weight excluding hydrogens is 319 g/mol. The third-order valence-electron chi connectivity index (χ3n) is 6.63. The van der Waals surface area contributed by atoms with E-state index in [1.54, 1.807) is 0 Å². The van der Waals surface area contributed by atoms with Crippen molar-refractivity contribution in [3.63, 3.8) is 0 Å². The summed E-state index contributed by atoms with van der Waals surface area (Å²) in [5.74, 6) is 0. The molecule has 0 aliphatic heterocycles. The zero-order valence-electron chi connectivity index (χ0n) is 17.6. The van der Waals surface area contributed by atoms with E-state index in [1.165, 1.54) is 25.7 Å². The predicted octanol–water partition coefficient (Wildman–Crippen LogP) is 8.16. The van der Waals surface area contributed by atoms with Gasteiger partial charge in [0, 0.05) is 0 Å². The molecule has 0 aliphatic rings. The van der Waals surface area contributed by atoms with Crippen LogP contribution in [0.1, 0.15) is 79.1 Å². The van der Waals surface area contributed by atoms with Gasteiger partial charge in [-0.2, -0.15) is 0 Å². The standard InChI is InChI=1S/C24H45P/c1-9-13-17-21(5)25(22(6)18-14-10-2,23(7)19-15-11-3)24(8)20-16-12-4/h9-12,21-25H,1-4,13-20H2,5-8H3. The molecule has 0 nitrogen and oxygen atoms in total. The van der Waals surface area contributed by atoms with Crippen LogP contribution < -0.4 is 0 Å². The zero-order valence-corrected chi connectivity index (χ0v) is 18.6. The normalized spacial score (nSPS) is 17.1. The van der Waals surface area contributed by atoms with Crippen LogP contribution >= 0.6 is 7.26 Å². The summed E-state index contributed by atoms with van der Waals surface area (Å²) in [4.78, 5) is 0. The van der Waals surface area contributed by atoms with Gasteiger partial charge in [0.15, 0.2) is 0 Å². The monoisotopic (exact) mass is 364 g/mol. The van der Waals surface area contributed by atoms with Crippen molar-refractivity contribution in [3.05, 3.63) is 50.6 Å². The van der Waals surface area contributed by atoms with E-state index in [9.17, 15) is 0 Å². The van der Waals surface area contributed by atoms with Crippen LogP contribution in [0.4, 0.5) is 0 Å². The molecule has 0 bridgehead atoms. The molecule has 0 saturated heterocycles. The van der Waals surface area contributed by atoms with Crippen LogP contribution in [0.5, 0.6) is 0 Å². The molecule has 0 saturated carbocycles. The molecule has 0 fully saturated rings. The minimum atomic E-state index is -1.55. The molecular formula is C24H45P. The molecule has 0 radical (unpaired) electrons. The van der Waals surface area contributed by atoms with Crippen molar-refractivity contribution < 1.29 is 0 Å². The van der Waals surface area contributed by atoms with E-state index in [4.69, 9.17) is 0 Å².